The van der Waals surface area contributed by atoms with Gasteiger partial charge >= 0.3 is 17.9 Å². The van der Waals surface area contributed by atoms with E-state index in [9.17, 15) is 14.4 Å². The predicted molar refractivity (Wildman–Crippen MR) is 162 cm³/mol. The van der Waals surface area contributed by atoms with Crippen LogP contribution >= 0.6 is 0 Å². The second-order valence-electron chi connectivity index (χ2n) is 12.7. The topological polar surface area (TPSA) is 78.9 Å². The lowest BCUT2D eigenvalue weighted by molar-refractivity contribution is -0.189. The highest BCUT2D eigenvalue weighted by molar-refractivity contribution is 5.92. The van der Waals surface area contributed by atoms with Gasteiger partial charge in [0, 0.05) is 12.0 Å². The van der Waals surface area contributed by atoms with Crippen LogP contribution in [0.25, 0.3) is 0 Å². The molecule has 0 amide bonds. The van der Waals surface area contributed by atoms with E-state index in [-0.39, 0.29) is 12.4 Å². The number of carbonyl (C=O) groups is 3. The SMILES string of the molecule is C=C(CCCCC)C(=O)OC1(C(=O)OCCCCCCC(C)C)CCCC(C(=O)OCCCCCCC(C)C)C1. The standard InChI is InChI=1S/C34H60O6/c1-7-8-13-21-29(6)31(35)40-34(33(37)39-25-17-12-10-15-20-28(4)5)23-18-22-30(26-34)32(36)38-24-16-11-9-14-19-27(2)3/h27-28,30H,6-26H2,1-5H3. The van der Waals surface area contributed by atoms with Crippen LogP contribution < -0.4 is 0 Å². The van der Waals surface area contributed by atoms with Crippen molar-refractivity contribution in [3.63, 3.8) is 0 Å². The molecule has 0 saturated heterocycles. The fourth-order valence-corrected chi connectivity index (χ4v) is 5.30. The van der Waals surface area contributed by atoms with Crippen molar-refractivity contribution in [2.45, 2.75) is 156 Å². The Morgan fingerprint density at radius 3 is 1.95 bits per heavy atom. The summed E-state index contributed by atoms with van der Waals surface area (Å²) in [6.45, 7) is 15.6. The van der Waals surface area contributed by atoms with Gasteiger partial charge in [0.05, 0.1) is 19.1 Å². The first-order valence-corrected chi connectivity index (χ1v) is 16.4. The quantitative estimate of drug-likeness (QED) is 0.0565. The van der Waals surface area contributed by atoms with Gasteiger partial charge in [-0.05, 0) is 56.8 Å². The first kappa shape index (κ1) is 36.2. The summed E-state index contributed by atoms with van der Waals surface area (Å²) in [4.78, 5) is 39.4. The van der Waals surface area contributed by atoms with Crippen molar-refractivity contribution in [3.8, 4) is 0 Å². The minimum Gasteiger partial charge on any atom is -0.465 e. The second kappa shape index (κ2) is 20.9. The molecule has 0 aromatic carbocycles. The molecule has 2 atom stereocenters. The van der Waals surface area contributed by atoms with Crippen molar-refractivity contribution < 1.29 is 28.6 Å². The van der Waals surface area contributed by atoms with E-state index in [2.05, 4.69) is 41.2 Å². The van der Waals surface area contributed by atoms with E-state index >= 15 is 0 Å². The highest BCUT2D eigenvalue weighted by Gasteiger charge is 2.50. The van der Waals surface area contributed by atoms with Crippen LogP contribution in [0, 0.1) is 17.8 Å². The molecule has 0 aliphatic heterocycles. The molecule has 0 spiro atoms. The Labute approximate surface area is 245 Å². The van der Waals surface area contributed by atoms with Crippen LogP contribution in [0.2, 0.25) is 0 Å². The summed E-state index contributed by atoms with van der Waals surface area (Å²) >= 11 is 0. The van der Waals surface area contributed by atoms with Gasteiger partial charge in [-0.3, -0.25) is 4.79 Å². The summed E-state index contributed by atoms with van der Waals surface area (Å²) in [6.07, 6.45) is 15.8. The number of unbranched alkanes of at least 4 members (excludes halogenated alkanes) is 8. The van der Waals surface area contributed by atoms with Gasteiger partial charge in [-0.2, -0.15) is 0 Å². The normalized spacial score (nSPS) is 19.0. The molecule has 1 aliphatic carbocycles. The molecule has 6 heteroatoms. The molecule has 1 saturated carbocycles. The van der Waals surface area contributed by atoms with Gasteiger partial charge in [0.25, 0.3) is 0 Å². The Kier molecular flexibility index (Phi) is 18.9. The number of hydrogen-bond donors (Lipinski definition) is 0. The first-order chi connectivity index (χ1) is 19.1. The third-order valence-electron chi connectivity index (χ3n) is 7.90. The number of esters is 3. The molecule has 6 nitrogen and oxygen atoms in total. The largest absolute Gasteiger partial charge is 0.465 e. The van der Waals surface area contributed by atoms with E-state index in [1.54, 1.807) is 0 Å². The Balaban J connectivity index is 2.71. The Bertz CT molecular complexity index is 743. The van der Waals surface area contributed by atoms with Crippen LogP contribution in [0.4, 0.5) is 0 Å². The van der Waals surface area contributed by atoms with Crippen LogP contribution in [-0.2, 0) is 28.6 Å². The fourth-order valence-electron chi connectivity index (χ4n) is 5.30. The van der Waals surface area contributed by atoms with Gasteiger partial charge in [-0.1, -0.05) is 105 Å². The predicted octanol–water partition coefficient (Wildman–Crippen LogP) is 8.89. The first-order valence-electron chi connectivity index (χ1n) is 16.4. The molecule has 2 unspecified atom stereocenters. The third kappa shape index (κ3) is 15.2. The van der Waals surface area contributed by atoms with Gasteiger partial charge in [-0.25, -0.2) is 9.59 Å². The van der Waals surface area contributed by atoms with Crippen LogP contribution in [0.5, 0.6) is 0 Å². The maximum absolute atomic E-state index is 13.4. The van der Waals surface area contributed by atoms with E-state index < -0.39 is 23.5 Å². The van der Waals surface area contributed by atoms with E-state index in [1.807, 2.05) is 0 Å². The lowest BCUT2D eigenvalue weighted by Crippen LogP contribution is -2.49. The maximum Gasteiger partial charge on any atom is 0.350 e. The zero-order chi connectivity index (χ0) is 29.8. The molecule has 0 N–H and O–H groups in total. The monoisotopic (exact) mass is 564 g/mol. The van der Waals surface area contributed by atoms with E-state index in [0.29, 0.717) is 56.3 Å². The smallest absolute Gasteiger partial charge is 0.350 e. The molecular formula is C34H60O6. The molecule has 0 heterocycles. The zero-order valence-corrected chi connectivity index (χ0v) is 26.5. The molecule has 0 aromatic heterocycles. The molecule has 0 radical (unpaired) electrons. The summed E-state index contributed by atoms with van der Waals surface area (Å²) in [5, 5.41) is 0. The van der Waals surface area contributed by atoms with Gasteiger partial charge in [-0.15, -0.1) is 0 Å². The van der Waals surface area contributed by atoms with E-state index in [0.717, 1.165) is 57.8 Å². The van der Waals surface area contributed by atoms with Crippen LogP contribution in [-0.4, -0.2) is 36.7 Å². The minimum absolute atomic E-state index is 0.113. The van der Waals surface area contributed by atoms with Crippen molar-refractivity contribution >= 4 is 17.9 Å². The molecule has 1 aliphatic rings. The highest BCUT2D eigenvalue weighted by Crippen LogP contribution is 2.38. The van der Waals surface area contributed by atoms with Crippen molar-refractivity contribution in [2.24, 2.45) is 17.8 Å². The summed E-state index contributed by atoms with van der Waals surface area (Å²) in [5.74, 6) is -0.469. The van der Waals surface area contributed by atoms with Crippen LogP contribution in [0.3, 0.4) is 0 Å². The average molecular weight is 565 g/mol. The fraction of sp³-hybridized carbons (Fsp3) is 0.853. The van der Waals surface area contributed by atoms with E-state index in [1.165, 1.54) is 25.7 Å². The summed E-state index contributed by atoms with van der Waals surface area (Å²) in [6, 6.07) is 0. The average Bonchev–Trinajstić information content (AvgIpc) is 2.91. The maximum atomic E-state index is 13.4. The number of ether oxygens (including phenoxy) is 3. The summed E-state index contributed by atoms with van der Waals surface area (Å²) in [5.41, 5.74) is -1.09. The lowest BCUT2D eigenvalue weighted by atomic mass is 9.77. The minimum atomic E-state index is -1.46. The lowest BCUT2D eigenvalue weighted by Gasteiger charge is -2.37. The molecule has 232 valence electrons. The number of rotatable bonds is 22. The Morgan fingerprint density at radius 1 is 0.800 bits per heavy atom. The third-order valence-corrected chi connectivity index (χ3v) is 7.90. The summed E-state index contributed by atoms with van der Waals surface area (Å²) < 4.78 is 17.2. The number of hydrogen-bond acceptors (Lipinski definition) is 6. The second-order valence-corrected chi connectivity index (χ2v) is 12.7. The molecule has 1 fully saturated rings. The Morgan fingerprint density at radius 2 is 1.38 bits per heavy atom. The van der Waals surface area contributed by atoms with Crippen molar-refractivity contribution in [1.29, 1.82) is 0 Å². The van der Waals surface area contributed by atoms with Gasteiger partial charge in [0.15, 0.2) is 0 Å². The number of carbonyl (C=O) groups excluding carboxylic acids is 3. The molecular weight excluding hydrogens is 504 g/mol. The zero-order valence-electron chi connectivity index (χ0n) is 26.5. The van der Waals surface area contributed by atoms with Crippen LogP contribution in [0.15, 0.2) is 12.2 Å². The van der Waals surface area contributed by atoms with E-state index in [4.69, 9.17) is 14.2 Å². The van der Waals surface area contributed by atoms with Crippen molar-refractivity contribution in [1.82, 2.24) is 0 Å². The van der Waals surface area contributed by atoms with Crippen LogP contribution in [0.1, 0.15) is 150 Å². The van der Waals surface area contributed by atoms with Crippen molar-refractivity contribution in [3.05, 3.63) is 12.2 Å². The summed E-state index contributed by atoms with van der Waals surface area (Å²) in [7, 11) is 0. The van der Waals surface area contributed by atoms with Crippen molar-refractivity contribution in [2.75, 3.05) is 13.2 Å². The molecule has 40 heavy (non-hydrogen) atoms. The molecule has 1 rings (SSSR count). The van der Waals surface area contributed by atoms with Gasteiger partial charge < -0.3 is 14.2 Å². The molecule has 0 aromatic rings. The molecule has 0 bridgehead atoms. The highest BCUT2D eigenvalue weighted by atomic mass is 16.6. The Hall–Kier alpha value is -1.85. The van der Waals surface area contributed by atoms with Gasteiger partial charge in [0.2, 0.25) is 5.60 Å². The van der Waals surface area contributed by atoms with Gasteiger partial charge in [0.1, 0.15) is 0 Å².